The zero-order valence-corrected chi connectivity index (χ0v) is 18.6. The lowest BCUT2D eigenvalue weighted by atomic mass is 10.1. The summed E-state index contributed by atoms with van der Waals surface area (Å²) < 4.78 is 25.5. The molecule has 1 aliphatic rings. The van der Waals surface area contributed by atoms with Gasteiger partial charge in [-0.05, 0) is 48.7 Å². The van der Waals surface area contributed by atoms with E-state index in [9.17, 15) is 18.0 Å². The fourth-order valence-electron chi connectivity index (χ4n) is 3.62. The second kappa shape index (κ2) is 9.18. The lowest BCUT2D eigenvalue weighted by Crippen LogP contribution is -2.35. The standard InChI is InChI=1S/C22H25ClN2O4S/c1-3-22(27)25-15(2)12-17-13-18(8-9-20(17)25)30(28,29)11-10-21(26)24-14-16-6-4-5-7-19(16)23/h4-9,13,15H,3,10-12,14H2,1-2H3,(H,24,26)/t15-/m0/s1. The summed E-state index contributed by atoms with van der Waals surface area (Å²) in [5.41, 5.74) is 2.38. The van der Waals surface area contributed by atoms with Gasteiger partial charge in [-0.3, -0.25) is 9.59 Å². The van der Waals surface area contributed by atoms with Gasteiger partial charge >= 0.3 is 0 Å². The Kier molecular flexibility index (Phi) is 6.83. The van der Waals surface area contributed by atoms with Gasteiger partial charge < -0.3 is 10.2 Å². The average molecular weight is 449 g/mol. The van der Waals surface area contributed by atoms with Crippen molar-refractivity contribution in [3.8, 4) is 0 Å². The number of rotatable bonds is 7. The molecule has 2 aromatic carbocycles. The van der Waals surface area contributed by atoms with Crippen molar-refractivity contribution in [2.75, 3.05) is 10.7 Å². The Morgan fingerprint density at radius 3 is 2.63 bits per heavy atom. The summed E-state index contributed by atoms with van der Waals surface area (Å²) in [6, 6.07) is 12.0. The van der Waals surface area contributed by atoms with Crippen LogP contribution >= 0.6 is 11.6 Å². The Bertz CT molecular complexity index is 1070. The van der Waals surface area contributed by atoms with Crippen LogP contribution in [0.3, 0.4) is 0 Å². The van der Waals surface area contributed by atoms with Gasteiger partial charge in [0.1, 0.15) is 0 Å². The normalized spacial score (nSPS) is 15.7. The highest BCUT2D eigenvalue weighted by molar-refractivity contribution is 7.91. The number of carbonyl (C=O) groups is 2. The lowest BCUT2D eigenvalue weighted by molar-refractivity contribution is -0.121. The molecule has 0 fully saturated rings. The molecule has 1 aliphatic heterocycles. The topological polar surface area (TPSA) is 83.6 Å². The molecule has 2 amide bonds. The zero-order valence-electron chi connectivity index (χ0n) is 17.0. The van der Waals surface area contributed by atoms with Crippen molar-refractivity contribution in [3.05, 3.63) is 58.6 Å². The molecule has 160 valence electrons. The number of hydrogen-bond donors (Lipinski definition) is 1. The van der Waals surface area contributed by atoms with Crippen LogP contribution in [0.4, 0.5) is 5.69 Å². The number of benzene rings is 2. The van der Waals surface area contributed by atoms with Gasteiger partial charge in [0.05, 0.1) is 10.6 Å². The number of carbonyl (C=O) groups excluding carboxylic acids is 2. The van der Waals surface area contributed by atoms with Gasteiger partial charge in [-0.15, -0.1) is 0 Å². The first-order chi connectivity index (χ1) is 14.2. The van der Waals surface area contributed by atoms with Crippen molar-refractivity contribution < 1.29 is 18.0 Å². The second-order valence-corrected chi connectivity index (χ2v) is 9.91. The summed E-state index contributed by atoms with van der Waals surface area (Å²) in [5, 5.41) is 3.25. The maximum Gasteiger partial charge on any atom is 0.226 e. The van der Waals surface area contributed by atoms with E-state index in [1.165, 1.54) is 6.07 Å². The Morgan fingerprint density at radius 1 is 1.20 bits per heavy atom. The molecule has 30 heavy (non-hydrogen) atoms. The maximum absolute atomic E-state index is 12.7. The van der Waals surface area contributed by atoms with E-state index in [0.29, 0.717) is 17.9 Å². The Balaban J connectivity index is 1.64. The van der Waals surface area contributed by atoms with Gasteiger partial charge in [-0.1, -0.05) is 36.7 Å². The van der Waals surface area contributed by atoms with E-state index in [4.69, 9.17) is 11.6 Å². The summed E-state index contributed by atoms with van der Waals surface area (Å²) in [4.78, 5) is 26.2. The van der Waals surface area contributed by atoms with E-state index in [1.807, 2.05) is 19.9 Å². The molecule has 8 heteroatoms. The molecule has 1 heterocycles. The molecule has 0 unspecified atom stereocenters. The Morgan fingerprint density at radius 2 is 1.93 bits per heavy atom. The van der Waals surface area contributed by atoms with Crippen molar-refractivity contribution >= 4 is 38.9 Å². The van der Waals surface area contributed by atoms with Crippen LogP contribution < -0.4 is 10.2 Å². The first kappa shape index (κ1) is 22.3. The van der Waals surface area contributed by atoms with E-state index < -0.39 is 9.84 Å². The quantitative estimate of drug-likeness (QED) is 0.702. The van der Waals surface area contributed by atoms with Gasteiger partial charge in [-0.2, -0.15) is 0 Å². The number of anilines is 1. The predicted molar refractivity (Wildman–Crippen MR) is 117 cm³/mol. The van der Waals surface area contributed by atoms with Crippen LogP contribution in [0.25, 0.3) is 0 Å². The molecule has 1 N–H and O–H groups in total. The van der Waals surface area contributed by atoms with Gasteiger partial charge in [0.15, 0.2) is 9.84 Å². The third kappa shape index (κ3) is 4.84. The highest BCUT2D eigenvalue weighted by atomic mass is 35.5. The molecule has 0 bridgehead atoms. The van der Waals surface area contributed by atoms with Crippen LogP contribution in [0.5, 0.6) is 0 Å². The molecule has 0 aromatic heterocycles. The smallest absolute Gasteiger partial charge is 0.226 e. The van der Waals surface area contributed by atoms with Crippen LogP contribution in [0.1, 0.15) is 37.8 Å². The van der Waals surface area contributed by atoms with Crippen molar-refractivity contribution in [3.63, 3.8) is 0 Å². The maximum atomic E-state index is 12.7. The minimum absolute atomic E-state index is 0.000919. The molecular weight excluding hydrogens is 424 g/mol. The van der Waals surface area contributed by atoms with Gasteiger partial charge in [0.25, 0.3) is 0 Å². The summed E-state index contributed by atoms with van der Waals surface area (Å²) in [6.07, 6.45) is 0.872. The van der Waals surface area contributed by atoms with E-state index >= 15 is 0 Å². The summed E-state index contributed by atoms with van der Waals surface area (Å²) >= 11 is 6.06. The minimum Gasteiger partial charge on any atom is -0.352 e. The van der Waals surface area contributed by atoms with Crippen LogP contribution in [0, 0.1) is 0 Å². The third-order valence-corrected chi connectivity index (χ3v) is 7.31. The highest BCUT2D eigenvalue weighted by Crippen LogP contribution is 2.34. The average Bonchev–Trinajstić information content (AvgIpc) is 3.06. The minimum atomic E-state index is -3.62. The number of nitrogens with one attached hydrogen (secondary N) is 1. The molecular formula is C22H25ClN2O4S. The van der Waals surface area contributed by atoms with E-state index in [1.54, 1.807) is 35.2 Å². The molecule has 3 rings (SSSR count). The molecule has 0 spiro atoms. The summed E-state index contributed by atoms with van der Waals surface area (Å²) in [5.74, 6) is -0.618. The number of hydrogen-bond acceptors (Lipinski definition) is 4. The molecule has 6 nitrogen and oxygen atoms in total. The number of amides is 2. The fraction of sp³-hybridized carbons (Fsp3) is 0.364. The monoisotopic (exact) mass is 448 g/mol. The molecule has 0 saturated heterocycles. The van der Waals surface area contributed by atoms with E-state index in [0.717, 1.165) is 16.8 Å². The molecule has 0 aliphatic carbocycles. The van der Waals surface area contributed by atoms with Crippen LogP contribution in [0.2, 0.25) is 5.02 Å². The number of halogens is 1. The van der Waals surface area contributed by atoms with Gasteiger partial charge in [0.2, 0.25) is 11.8 Å². The molecule has 0 saturated carbocycles. The van der Waals surface area contributed by atoms with Crippen molar-refractivity contribution in [1.29, 1.82) is 0 Å². The van der Waals surface area contributed by atoms with E-state index in [2.05, 4.69) is 5.32 Å². The summed E-state index contributed by atoms with van der Waals surface area (Å²) in [6.45, 7) is 4.00. The second-order valence-electron chi connectivity index (χ2n) is 7.40. The molecule has 2 aromatic rings. The zero-order chi connectivity index (χ0) is 21.9. The predicted octanol–water partition coefficient (Wildman–Crippen LogP) is 3.51. The molecule has 0 radical (unpaired) electrons. The number of fused-ring (bicyclic) bond motifs is 1. The largest absolute Gasteiger partial charge is 0.352 e. The van der Waals surface area contributed by atoms with Crippen LogP contribution in [0.15, 0.2) is 47.4 Å². The number of nitrogens with zero attached hydrogens (tertiary/aromatic N) is 1. The Hall–Kier alpha value is -2.38. The molecule has 1 atom stereocenters. The Labute approximate surface area is 182 Å². The lowest BCUT2D eigenvalue weighted by Gasteiger charge is -2.22. The summed E-state index contributed by atoms with van der Waals surface area (Å²) in [7, 11) is -3.62. The third-order valence-electron chi connectivity index (χ3n) is 5.23. The van der Waals surface area contributed by atoms with Crippen LogP contribution in [-0.4, -0.2) is 32.0 Å². The highest BCUT2D eigenvalue weighted by Gasteiger charge is 2.31. The first-order valence-electron chi connectivity index (χ1n) is 9.90. The fourth-order valence-corrected chi connectivity index (χ4v) is 5.11. The van der Waals surface area contributed by atoms with Crippen molar-refractivity contribution in [1.82, 2.24) is 5.32 Å². The first-order valence-corrected chi connectivity index (χ1v) is 11.9. The van der Waals surface area contributed by atoms with Crippen molar-refractivity contribution in [2.24, 2.45) is 0 Å². The van der Waals surface area contributed by atoms with Gasteiger partial charge in [-0.25, -0.2) is 8.42 Å². The van der Waals surface area contributed by atoms with Crippen molar-refractivity contribution in [2.45, 2.75) is 50.6 Å². The van der Waals surface area contributed by atoms with Gasteiger partial charge in [0, 0.05) is 36.1 Å². The number of sulfone groups is 1. The van der Waals surface area contributed by atoms with E-state index in [-0.39, 0.29) is 41.5 Å². The van der Waals surface area contributed by atoms with Crippen LogP contribution in [-0.2, 0) is 32.4 Å². The SMILES string of the molecule is CCC(=O)N1c2ccc(S(=O)(=O)CCC(=O)NCc3ccccc3Cl)cc2C[C@@H]1C.